The van der Waals surface area contributed by atoms with Crippen molar-refractivity contribution in [2.45, 2.75) is 13.8 Å². The van der Waals surface area contributed by atoms with E-state index >= 15 is 0 Å². The first kappa shape index (κ1) is 26.5. The van der Waals surface area contributed by atoms with Crippen molar-refractivity contribution in [3.8, 4) is 33.4 Å². The second kappa shape index (κ2) is 10.8. The van der Waals surface area contributed by atoms with Crippen LogP contribution in [0.25, 0.3) is 66.1 Å². The molecule has 0 fully saturated rings. The third-order valence-electron chi connectivity index (χ3n) is 8.17. The van der Waals surface area contributed by atoms with E-state index in [-0.39, 0.29) is 11.3 Å². The first-order chi connectivity index (χ1) is 21.0. The summed E-state index contributed by atoms with van der Waals surface area (Å²) in [6, 6.07) is 37.5. The smallest absolute Gasteiger partial charge is 0.344 e. The molecule has 0 radical (unpaired) electrons. The molecule has 0 aliphatic carbocycles. The quantitative estimate of drug-likeness (QED) is 0.149. The van der Waals surface area contributed by atoms with Gasteiger partial charge in [-0.1, -0.05) is 72.8 Å². The summed E-state index contributed by atoms with van der Waals surface area (Å²) in [6.07, 6.45) is 0. The minimum atomic E-state index is -0.363. The number of benzene rings is 5. The van der Waals surface area contributed by atoms with Gasteiger partial charge in [0.2, 0.25) is 0 Å². The van der Waals surface area contributed by atoms with Crippen LogP contribution in [0.15, 0.2) is 134 Å². The SMILES string of the molecule is CCN(CC)c1ccc2cc(-c3ccc(-c4ccc(-c5cc6cc7ccccc7cc6oc5=O)cc4)cc3)c(=O)oc2c1. The van der Waals surface area contributed by atoms with Crippen molar-refractivity contribution in [2.24, 2.45) is 0 Å². The monoisotopic (exact) mass is 563 g/mol. The van der Waals surface area contributed by atoms with Gasteiger partial charge in [0.1, 0.15) is 11.2 Å². The molecule has 0 amide bonds. The van der Waals surface area contributed by atoms with E-state index in [1.807, 2.05) is 103 Å². The molecule has 7 rings (SSSR count). The summed E-state index contributed by atoms with van der Waals surface area (Å²) in [4.78, 5) is 28.0. The van der Waals surface area contributed by atoms with Gasteiger partial charge in [-0.05, 0) is 83.3 Å². The summed E-state index contributed by atoms with van der Waals surface area (Å²) in [7, 11) is 0. The highest BCUT2D eigenvalue weighted by Gasteiger charge is 2.12. The zero-order valence-electron chi connectivity index (χ0n) is 24.0. The molecule has 0 saturated carbocycles. The van der Waals surface area contributed by atoms with E-state index in [2.05, 4.69) is 30.9 Å². The molecule has 2 aromatic heterocycles. The number of nitrogens with zero attached hydrogens (tertiary/aromatic N) is 1. The van der Waals surface area contributed by atoms with Gasteiger partial charge in [0.15, 0.2) is 0 Å². The molecule has 2 heterocycles. The average molecular weight is 564 g/mol. The molecule has 5 nitrogen and oxygen atoms in total. The summed E-state index contributed by atoms with van der Waals surface area (Å²) < 4.78 is 11.4. The number of hydrogen-bond acceptors (Lipinski definition) is 5. The summed E-state index contributed by atoms with van der Waals surface area (Å²) in [5.74, 6) is 0. The van der Waals surface area contributed by atoms with Crippen molar-refractivity contribution in [1.29, 1.82) is 0 Å². The largest absolute Gasteiger partial charge is 0.422 e. The van der Waals surface area contributed by atoms with Gasteiger partial charge in [-0.3, -0.25) is 0 Å². The third kappa shape index (κ3) is 4.89. The van der Waals surface area contributed by atoms with Crippen LogP contribution in [0.4, 0.5) is 5.69 Å². The van der Waals surface area contributed by atoms with Gasteiger partial charge in [-0.25, -0.2) is 9.59 Å². The fourth-order valence-corrected chi connectivity index (χ4v) is 5.78. The molecule has 0 saturated heterocycles. The molecule has 43 heavy (non-hydrogen) atoms. The molecule has 0 aliphatic heterocycles. The van der Waals surface area contributed by atoms with Gasteiger partial charge in [0.05, 0.1) is 11.1 Å². The van der Waals surface area contributed by atoms with E-state index in [4.69, 9.17) is 8.83 Å². The number of hydrogen-bond donors (Lipinski definition) is 0. The molecule has 0 N–H and O–H groups in total. The molecule has 5 heteroatoms. The van der Waals surface area contributed by atoms with E-state index in [9.17, 15) is 9.59 Å². The maximum Gasteiger partial charge on any atom is 0.344 e. The molecular formula is C38H29NO4. The molecule has 0 unspecified atom stereocenters. The van der Waals surface area contributed by atoms with Gasteiger partial charge < -0.3 is 13.7 Å². The lowest BCUT2D eigenvalue weighted by molar-refractivity contribution is 0.563. The van der Waals surface area contributed by atoms with Crippen LogP contribution in [0.1, 0.15) is 13.8 Å². The Balaban J connectivity index is 1.16. The first-order valence-electron chi connectivity index (χ1n) is 14.5. The van der Waals surface area contributed by atoms with Crippen molar-refractivity contribution < 1.29 is 8.83 Å². The van der Waals surface area contributed by atoms with Gasteiger partial charge in [-0.15, -0.1) is 0 Å². The standard InChI is InChI=1S/C38H29NO4/c1-3-39(4-2)32-18-17-30-20-33(37(40)43-36(30)23-32)26-13-9-24(10-14-26)25-11-15-27(16-12-25)34-21-31-19-28-7-5-6-8-29(28)22-35(31)42-38(34)41/h5-23H,3-4H2,1-2H3. The summed E-state index contributed by atoms with van der Waals surface area (Å²) >= 11 is 0. The Morgan fingerprint density at radius 2 is 0.977 bits per heavy atom. The predicted octanol–water partition coefficient (Wildman–Crippen LogP) is 8.90. The lowest BCUT2D eigenvalue weighted by Crippen LogP contribution is -2.21. The Hall–Kier alpha value is -5.42. The molecular weight excluding hydrogens is 534 g/mol. The molecule has 0 aliphatic rings. The fourth-order valence-electron chi connectivity index (χ4n) is 5.78. The van der Waals surface area contributed by atoms with Crippen LogP contribution in [-0.2, 0) is 0 Å². The van der Waals surface area contributed by atoms with Crippen molar-refractivity contribution >= 4 is 38.4 Å². The second-order valence-electron chi connectivity index (χ2n) is 10.7. The van der Waals surface area contributed by atoms with Crippen LogP contribution in [0, 0.1) is 0 Å². The Morgan fingerprint density at radius 3 is 1.53 bits per heavy atom. The highest BCUT2D eigenvalue weighted by Crippen LogP contribution is 2.30. The molecule has 5 aromatic carbocycles. The van der Waals surface area contributed by atoms with Crippen LogP contribution in [0.3, 0.4) is 0 Å². The summed E-state index contributed by atoms with van der Waals surface area (Å²) in [5, 5.41) is 3.90. The molecule has 0 atom stereocenters. The van der Waals surface area contributed by atoms with Gasteiger partial charge >= 0.3 is 11.3 Å². The normalized spacial score (nSPS) is 11.4. The van der Waals surface area contributed by atoms with Gasteiger partial charge in [-0.2, -0.15) is 0 Å². The predicted molar refractivity (Wildman–Crippen MR) is 176 cm³/mol. The zero-order chi connectivity index (χ0) is 29.5. The summed E-state index contributed by atoms with van der Waals surface area (Å²) in [6.45, 7) is 5.98. The van der Waals surface area contributed by atoms with Crippen LogP contribution in [0.2, 0.25) is 0 Å². The van der Waals surface area contributed by atoms with E-state index in [0.29, 0.717) is 22.3 Å². The fraction of sp³-hybridized carbons (Fsp3) is 0.105. The maximum absolute atomic E-state index is 12.9. The summed E-state index contributed by atoms with van der Waals surface area (Å²) in [5.41, 5.74) is 6.13. The lowest BCUT2D eigenvalue weighted by atomic mass is 9.98. The minimum absolute atomic E-state index is 0.358. The van der Waals surface area contributed by atoms with Crippen LogP contribution in [-0.4, -0.2) is 13.1 Å². The van der Waals surface area contributed by atoms with E-state index in [1.165, 1.54) is 0 Å². The first-order valence-corrected chi connectivity index (χ1v) is 14.5. The Kier molecular flexibility index (Phi) is 6.63. The average Bonchev–Trinajstić information content (AvgIpc) is 3.04. The molecule has 0 spiro atoms. The lowest BCUT2D eigenvalue weighted by Gasteiger charge is -2.21. The number of fused-ring (bicyclic) bond motifs is 3. The van der Waals surface area contributed by atoms with Crippen LogP contribution in [0.5, 0.6) is 0 Å². The Bertz CT molecular complexity index is 2240. The van der Waals surface area contributed by atoms with Crippen molar-refractivity contribution in [2.75, 3.05) is 18.0 Å². The molecule has 0 bridgehead atoms. The highest BCUT2D eigenvalue weighted by molar-refractivity contribution is 5.96. The van der Waals surface area contributed by atoms with Gasteiger partial charge in [0, 0.05) is 35.6 Å². The minimum Gasteiger partial charge on any atom is -0.422 e. The number of anilines is 1. The molecule has 7 aromatic rings. The second-order valence-corrected chi connectivity index (χ2v) is 10.7. The number of rotatable bonds is 6. The van der Waals surface area contributed by atoms with Gasteiger partial charge in [0.25, 0.3) is 0 Å². The molecule has 210 valence electrons. The van der Waals surface area contributed by atoms with Crippen molar-refractivity contribution in [3.63, 3.8) is 0 Å². The topological polar surface area (TPSA) is 63.7 Å². The highest BCUT2D eigenvalue weighted by atomic mass is 16.4. The Morgan fingerprint density at radius 1 is 0.488 bits per heavy atom. The maximum atomic E-state index is 12.9. The van der Waals surface area contributed by atoms with E-state index in [1.54, 1.807) is 0 Å². The van der Waals surface area contributed by atoms with E-state index < -0.39 is 0 Å². The van der Waals surface area contributed by atoms with E-state index in [0.717, 1.165) is 62.6 Å². The van der Waals surface area contributed by atoms with Crippen molar-refractivity contribution in [3.05, 3.63) is 136 Å². The zero-order valence-corrected chi connectivity index (χ0v) is 24.0. The van der Waals surface area contributed by atoms with Crippen LogP contribution < -0.4 is 16.2 Å². The Labute approximate surface area is 248 Å². The van der Waals surface area contributed by atoms with Crippen LogP contribution >= 0.6 is 0 Å². The van der Waals surface area contributed by atoms with Crippen molar-refractivity contribution in [1.82, 2.24) is 0 Å². The third-order valence-corrected chi connectivity index (χ3v) is 8.17.